The van der Waals surface area contributed by atoms with Crippen molar-refractivity contribution < 1.29 is 9.90 Å². The van der Waals surface area contributed by atoms with Crippen LogP contribution in [-0.4, -0.2) is 39.7 Å². The Kier molecular flexibility index (Phi) is 6.32. The van der Waals surface area contributed by atoms with Crippen molar-refractivity contribution in [1.29, 1.82) is 0 Å². The van der Waals surface area contributed by atoms with Crippen molar-refractivity contribution in [3.05, 3.63) is 74.7 Å². The van der Waals surface area contributed by atoms with Gasteiger partial charge in [-0.3, -0.25) is 14.5 Å². The maximum Gasteiger partial charge on any atom is 0.258 e. The number of aliphatic hydroxyl groups is 1. The van der Waals surface area contributed by atoms with E-state index in [1.807, 2.05) is 56.3 Å². The molecule has 4 atom stereocenters. The van der Waals surface area contributed by atoms with Gasteiger partial charge in [0.2, 0.25) is 5.91 Å². The molecular weight excluding hydrogens is 414 g/mol. The molecule has 0 aliphatic carbocycles. The zero-order valence-corrected chi connectivity index (χ0v) is 18.5. The molecule has 0 saturated carbocycles. The van der Waals surface area contributed by atoms with Crippen LogP contribution in [0, 0.1) is 11.8 Å². The van der Waals surface area contributed by atoms with E-state index >= 15 is 0 Å². The molecule has 6 nitrogen and oxygen atoms in total. The monoisotopic (exact) mass is 441 g/mol. The van der Waals surface area contributed by atoms with Crippen LogP contribution in [0.3, 0.4) is 0 Å². The molecule has 0 radical (unpaired) electrons. The molecule has 2 aromatic rings. The summed E-state index contributed by atoms with van der Waals surface area (Å²) >= 11 is 6.20. The molecule has 2 bridgehead atoms. The standard InChI is InChI=1S/C24H28ClN3O3/c1-3-6-16-9-10-19-22-21(23(30)26-4-2)18(14-29)20(13-28(19)24(16)31)27(22)12-15-7-5-8-17(25)11-15/h3,5-11,18,20-22,29H,4,12-14H2,1-2H3,(H,26,30)/b6-3-/t18-,20-,21+,22+/m1/s1. The maximum atomic E-state index is 13.1. The third kappa shape index (κ3) is 3.84. The van der Waals surface area contributed by atoms with Crippen LogP contribution < -0.4 is 10.9 Å². The summed E-state index contributed by atoms with van der Waals surface area (Å²) < 4.78 is 1.79. The average molecular weight is 442 g/mol. The number of aliphatic hydroxyl groups excluding tert-OH is 1. The van der Waals surface area contributed by atoms with Crippen LogP contribution in [0.5, 0.6) is 0 Å². The van der Waals surface area contributed by atoms with Crippen LogP contribution in [0.25, 0.3) is 6.08 Å². The summed E-state index contributed by atoms with van der Waals surface area (Å²) in [5.41, 5.74) is 2.44. The summed E-state index contributed by atoms with van der Waals surface area (Å²) in [6.45, 7) is 5.21. The summed E-state index contributed by atoms with van der Waals surface area (Å²) in [6, 6.07) is 11.0. The molecule has 4 rings (SSSR count). The van der Waals surface area contributed by atoms with Crippen LogP contribution in [0.4, 0.5) is 0 Å². The highest BCUT2D eigenvalue weighted by Gasteiger charge is 2.55. The number of nitrogens with zero attached hydrogens (tertiary/aromatic N) is 2. The molecule has 1 amide bonds. The topological polar surface area (TPSA) is 74.6 Å². The molecule has 2 N–H and O–H groups in total. The highest BCUT2D eigenvalue weighted by molar-refractivity contribution is 6.30. The van der Waals surface area contributed by atoms with Crippen LogP contribution in [-0.2, 0) is 17.9 Å². The Labute approximate surface area is 187 Å². The average Bonchev–Trinajstić information content (AvgIpc) is 2.95. The molecule has 0 unspecified atom stereocenters. The van der Waals surface area contributed by atoms with Gasteiger partial charge in [-0.15, -0.1) is 0 Å². The first-order valence-electron chi connectivity index (χ1n) is 10.7. The lowest BCUT2D eigenvalue weighted by Crippen LogP contribution is -2.46. The van der Waals surface area contributed by atoms with Crippen molar-refractivity contribution in [2.75, 3.05) is 13.2 Å². The van der Waals surface area contributed by atoms with Crippen molar-refractivity contribution in [3.63, 3.8) is 0 Å². The lowest BCUT2D eigenvalue weighted by atomic mass is 9.86. The number of fused-ring (bicyclic) bond motifs is 4. The van der Waals surface area contributed by atoms with Gasteiger partial charge in [-0.05, 0) is 43.7 Å². The first kappa shape index (κ1) is 21.8. The first-order valence-corrected chi connectivity index (χ1v) is 11.1. The fourth-order valence-corrected chi connectivity index (χ4v) is 5.42. The maximum absolute atomic E-state index is 13.1. The third-order valence-electron chi connectivity index (χ3n) is 6.45. The second-order valence-electron chi connectivity index (χ2n) is 8.21. The van der Waals surface area contributed by atoms with Crippen LogP contribution in [0.1, 0.15) is 36.7 Å². The van der Waals surface area contributed by atoms with Gasteiger partial charge in [0.15, 0.2) is 0 Å². The van der Waals surface area contributed by atoms with Crippen molar-refractivity contribution in [1.82, 2.24) is 14.8 Å². The summed E-state index contributed by atoms with van der Waals surface area (Å²) in [5.74, 6) is -0.779. The molecule has 1 fully saturated rings. The number of carbonyl (C=O) groups excluding carboxylic acids is 1. The van der Waals surface area contributed by atoms with Crippen molar-refractivity contribution >= 4 is 23.6 Å². The Hall–Kier alpha value is -2.41. The molecule has 2 aliphatic rings. The van der Waals surface area contributed by atoms with Gasteiger partial charge in [-0.1, -0.05) is 35.9 Å². The lowest BCUT2D eigenvalue weighted by Gasteiger charge is -2.38. The number of hydrogen-bond donors (Lipinski definition) is 2. The number of hydrogen-bond acceptors (Lipinski definition) is 4. The molecule has 1 aromatic heterocycles. The van der Waals surface area contributed by atoms with E-state index in [2.05, 4.69) is 10.2 Å². The number of halogens is 1. The minimum atomic E-state index is -0.435. The van der Waals surface area contributed by atoms with Crippen LogP contribution in [0.15, 0.2) is 47.3 Å². The first-order chi connectivity index (χ1) is 15.0. The summed E-state index contributed by atoms with van der Waals surface area (Å²) in [4.78, 5) is 28.5. The SMILES string of the molecule is C/C=C\c1ccc2n(c1=O)C[C@@H]1[C@@H](CO)[C@H](C(=O)NCC)[C@H]2N1Cc1cccc(Cl)c1. The second-order valence-corrected chi connectivity index (χ2v) is 8.65. The summed E-state index contributed by atoms with van der Waals surface area (Å²) in [5, 5.41) is 13.9. The lowest BCUT2D eigenvalue weighted by molar-refractivity contribution is -0.127. The van der Waals surface area contributed by atoms with Crippen molar-refractivity contribution in [3.8, 4) is 0 Å². The van der Waals surface area contributed by atoms with E-state index in [1.165, 1.54) is 0 Å². The number of nitrogens with one attached hydrogen (secondary N) is 1. The Morgan fingerprint density at radius 2 is 2.13 bits per heavy atom. The van der Waals surface area contributed by atoms with E-state index in [-0.39, 0.29) is 36.1 Å². The summed E-state index contributed by atoms with van der Waals surface area (Å²) in [6.07, 6.45) is 3.65. The van der Waals surface area contributed by atoms with E-state index in [1.54, 1.807) is 10.6 Å². The van der Waals surface area contributed by atoms with E-state index in [0.29, 0.717) is 30.2 Å². The molecule has 31 heavy (non-hydrogen) atoms. The van der Waals surface area contributed by atoms with Gasteiger partial charge >= 0.3 is 0 Å². The predicted molar refractivity (Wildman–Crippen MR) is 122 cm³/mol. The molecule has 1 saturated heterocycles. The molecule has 164 valence electrons. The largest absolute Gasteiger partial charge is 0.396 e. The van der Waals surface area contributed by atoms with Gasteiger partial charge in [0.05, 0.1) is 12.0 Å². The Morgan fingerprint density at radius 1 is 1.32 bits per heavy atom. The second kappa shape index (κ2) is 8.99. The fourth-order valence-electron chi connectivity index (χ4n) is 5.20. The van der Waals surface area contributed by atoms with Gasteiger partial charge in [0.25, 0.3) is 5.56 Å². The number of aromatic nitrogens is 1. The number of pyridine rings is 1. The highest BCUT2D eigenvalue weighted by Crippen LogP contribution is 2.49. The molecule has 2 aliphatic heterocycles. The minimum Gasteiger partial charge on any atom is -0.396 e. The molecule has 1 aromatic carbocycles. The third-order valence-corrected chi connectivity index (χ3v) is 6.69. The smallest absolute Gasteiger partial charge is 0.258 e. The Bertz CT molecular complexity index is 1060. The number of amides is 1. The Morgan fingerprint density at radius 3 is 2.81 bits per heavy atom. The predicted octanol–water partition coefficient (Wildman–Crippen LogP) is 2.83. The molecule has 3 heterocycles. The van der Waals surface area contributed by atoms with E-state index in [4.69, 9.17) is 11.6 Å². The van der Waals surface area contributed by atoms with Crippen molar-refractivity contribution in [2.24, 2.45) is 11.8 Å². The van der Waals surface area contributed by atoms with Crippen molar-refractivity contribution in [2.45, 2.75) is 39.0 Å². The van der Waals surface area contributed by atoms with Gasteiger partial charge in [0, 0.05) is 54.5 Å². The quantitative estimate of drug-likeness (QED) is 0.722. The number of allylic oxidation sites excluding steroid dienone is 1. The fraction of sp³-hybridized carbons (Fsp3) is 0.417. The van der Waals surface area contributed by atoms with E-state index < -0.39 is 5.92 Å². The van der Waals surface area contributed by atoms with E-state index in [0.717, 1.165) is 11.3 Å². The van der Waals surface area contributed by atoms with Gasteiger partial charge < -0.3 is 15.0 Å². The number of rotatable bonds is 6. The highest BCUT2D eigenvalue weighted by atomic mass is 35.5. The van der Waals surface area contributed by atoms with E-state index in [9.17, 15) is 14.7 Å². The minimum absolute atomic E-state index is 0.0544. The number of benzene rings is 1. The Balaban J connectivity index is 1.83. The summed E-state index contributed by atoms with van der Waals surface area (Å²) in [7, 11) is 0. The van der Waals surface area contributed by atoms with Gasteiger partial charge in [0.1, 0.15) is 0 Å². The van der Waals surface area contributed by atoms with Gasteiger partial charge in [-0.25, -0.2) is 0 Å². The zero-order chi connectivity index (χ0) is 22.1. The molecular formula is C24H28ClN3O3. The molecule has 7 heteroatoms. The van der Waals surface area contributed by atoms with Crippen LogP contribution >= 0.6 is 11.6 Å². The number of carbonyl (C=O) groups is 1. The van der Waals surface area contributed by atoms with Crippen LogP contribution in [0.2, 0.25) is 5.02 Å². The normalized spacial score (nSPS) is 25.0. The zero-order valence-electron chi connectivity index (χ0n) is 17.8. The molecule has 0 spiro atoms. The van der Waals surface area contributed by atoms with Gasteiger partial charge in [-0.2, -0.15) is 0 Å².